The second-order valence-electron chi connectivity index (χ2n) is 11.0. The highest BCUT2D eigenvalue weighted by Gasteiger charge is 2.41. The summed E-state index contributed by atoms with van der Waals surface area (Å²) in [7, 11) is 0. The lowest BCUT2D eigenvalue weighted by molar-refractivity contribution is -0.118. The molecule has 0 aliphatic carbocycles. The van der Waals surface area contributed by atoms with E-state index >= 15 is 0 Å². The van der Waals surface area contributed by atoms with Crippen molar-refractivity contribution in [2.24, 2.45) is 4.99 Å². The minimum atomic E-state index is -0.841. The number of anilines is 2. The maximum absolute atomic E-state index is 13.8. The van der Waals surface area contributed by atoms with Crippen molar-refractivity contribution in [1.29, 1.82) is 0 Å². The van der Waals surface area contributed by atoms with E-state index in [2.05, 4.69) is 81.3 Å². The first kappa shape index (κ1) is 28.1. The number of hydrogen-bond donors (Lipinski definition) is 4. The molecule has 2 aliphatic heterocycles. The molecule has 3 heterocycles. The zero-order valence-corrected chi connectivity index (χ0v) is 24.6. The first-order valence-electron chi connectivity index (χ1n) is 14.7. The number of benzene rings is 3. The number of para-hydroxylation sites is 1. The summed E-state index contributed by atoms with van der Waals surface area (Å²) in [4.78, 5) is 37.8. The lowest BCUT2D eigenvalue weighted by Crippen LogP contribution is -2.56. The predicted molar refractivity (Wildman–Crippen MR) is 171 cm³/mol. The highest BCUT2D eigenvalue weighted by molar-refractivity contribution is 6.08. The Kier molecular flexibility index (Phi) is 7.87. The van der Waals surface area contributed by atoms with Crippen LogP contribution in [0.5, 0.6) is 0 Å². The maximum atomic E-state index is 13.8. The van der Waals surface area contributed by atoms with Crippen LogP contribution in [0, 0.1) is 6.92 Å². The molecule has 9 heteroatoms. The van der Waals surface area contributed by atoms with Gasteiger partial charge in [0.15, 0.2) is 5.66 Å². The fraction of sp³-hybridized carbons (Fsp3) is 0.265. The molecule has 0 radical (unpaired) electrons. The molecule has 0 atom stereocenters. The van der Waals surface area contributed by atoms with Crippen LogP contribution in [0.3, 0.4) is 0 Å². The van der Waals surface area contributed by atoms with Gasteiger partial charge in [0.2, 0.25) is 5.91 Å². The smallest absolute Gasteiger partial charge is 0.270 e. The third-order valence-corrected chi connectivity index (χ3v) is 8.11. The summed E-state index contributed by atoms with van der Waals surface area (Å²) in [5.41, 5.74) is 4.91. The first-order chi connectivity index (χ1) is 20.9. The average molecular weight is 576 g/mol. The zero-order chi connectivity index (χ0) is 29.8. The van der Waals surface area contributed by atoms with Gasteiger partial charge in [-0.15, -0.1) is 0 Å². The van der Waals surface area contributed by atoms with Crippen molar-refractivity contribution in [1.82, 2.24) is 20.5 Å². The van der Waals surface area contributed by atoms with Crippen molar-refractivity contribution in [2.45, 2.75) is 19.5 Å². The number of aromatic amines is 1. The average Bonchev–Trinajstić information content (AvgIpc) is 3.48. The van der Waals surface area contributed by atoms with E-state index in [0.717, 1.165) is 29.8 Å². The molecule has 220 valence electrons. The van der Waals surface area contributed by atoms with Crippen LogP contribution in [0.2, 0.25) is 0 Å². The highest BCUT2D eigenvalue weighted by atomic mass is 16.2. The normalized spacial score (nSPS) is 16.7. The summed E-state index contributed by atoms with van der Waals surface area (Å²) in [5.74, 6) is 1.22. The van der Waals surface area contributed by atoms with Crippen LogP contribution >= 0.6 is 0 Å². The number of carbonyl (C=O) groups is 2. The van der Waals surface area contributed by atoms with Gasteiger partial charge in [0, 0.05) is 56.5 Å². The number of hydrogen-bond acceptors (Lipinski definition) is 5. The number of rotatable bonds is 7. The molecule has 9 nitrogen and oxygen atoms in total. The third-order valence-electron chi connectivity index (χ3n) is 8.11. The molecular weight excluding hydrogens is 538 g/mol. The molecule has 2 aliphatic rings. The van der Waals surface area contributed by atoms with Gasteiger partial charge in [0.05, 0.1) is 12.1 Å². The molecular formula is C34H37N7O2. The highest BCUT2D eigenvalue weighted by Crippen LogP contribution is 2.37. The van der Waals surface area contributed by atoms with Gasteiger partial charge in [-0.05, 0) is 24.6 Å². The molecule has 1 saturated heterocycles. The van der Waals surface area contributed by atoms with E-state index in [0.29, 0.717) is 43.5 Å². The van der Waals surface area contributed by atoms with Crippen LogP contribution in [0.15, 0.2) is 96.0 Å². The summed E-state index contributed by atoms with van der Waals surface area (Å²) < 4.78 is 0. The van der Waals surface area contributed by atoms with Gasteiger partial charge < -0.3 is 30.7 Å². The molecule has 6 rings (SSSR count). The fourth-order valence-corrected chi connectivity index (χ4v) is 5.91. The molecule has 0 saturated carbocycles. The number of aliphatic imine (C=N–C) groups is 1. The molecule has 4 aromatic rings. The molecule has 0 unspecified atom stereocenters. The van der Waals surface area contributed by atoms with E-state index in [-0.39, 0.29) is 11.8 Å². The first-order valence-corrected chi connectivity index (χ1v) is 14.7. The lowest BCUT2D eigenvalue weighted by Gasteiger charge is -2.41. The number of aromatic nitrogens is 1. The van der Waals surface area contributed by atoms with Crippen LogP contribution in [0.4, 0.5) is 11.5 Å². The molecule has 3 aromatic carbocycles. The number of H-pyrrole nitrogens is 1. The number of fused-ring (bicyclic) bond motifs is 1. The minimum Gasteiger partial charge on any atom is -0.368 e. The van der Waals surface area contributed by atoms with E-state index in [4.69, 9.17) is 4.99 Å². The largest absolute Gasteiger partial charge is 0.368 e. The van der Waals surface area contributed by atoms with Crippen LogP contribution in [0.25, 0.3) is 0 Å². The maximum Gasteiger partial charge on any atom is 0.270 e. The van der Waals surface area contributed by atoms with E-state index in [1.807, 2.05) is 47.4 Å². The van der Waals surface area contributed by atoms with E-state index < -0.39 is 5.66 Å². The number of carbonyl (C=O) groups excluding carboxylic acids is 2. The quantitative estimate of drug-likeness (QED) is 0.249. The van der Waals surface area contributed by atoms with Gasteiger partial charge in [-0.2, -0.15) is 0 Å². The Morgan fingerprint density at radius 3 is 2.12 bits per heavy atom. The molecule has 1 fully saturated rings. The summed E-state index contributed by atoms with van der Waals surface area (Å²) in [6, 6.07) is 30.5. The molecule has 0 spiro atoms. The van der Waals surface area contributed by atoms with E-state index in [9.17, 15) is 9.59 Å². The SMILES string of the molecule is CC(=O)NCCN=C1NC(c2ccccc2)(c2ccccc2)Nc2[nH]c(C(=O)N3CCN(c4ccccc4C)CC3)cc21. The van der Waals surface area contributed by atoms with Crippen molar-refractivity contribution in [3.05, 3.63) is 119 Å². The van der Waals surface area contributed by atoms with Crippen molar-refractivity contribution in [3.8, 4) is 0 Å². The number of nitrogens with one attached hydrogen (secondary N) is 4. The van der Waals surface area contributed by atoms with Crippen molar-refractivity contribution < 1.29 is 9.59 Å². The Morgan fingerprint density at radius 1 is 0.860 bits per heavy atom. The van der Waals surface area contributed by atoms with Crippen molar-refractivity contribution in [3.63, 3.8) is 0 Å². The number of amides is 2. The Bertz CT molecular complexity index is 1580. The van der Waals surface area contributed by atoms with Gasteiger partial charge in [0.1, 0.15) is 17.3 Å². The van der Waals surface area contributed by atoms with E-state index in [1.54, 1.807) is 0 Å². The molecule has 4 N–H and O–H groups in total. The van der Waals surface area contributed by atoms with Gasteiger partial charge in [-0.3, -0.25) is 14.6 Å². The Morgan fingerprint density at radius 2 is 1.49 bits per heavy atom. The number of nitrogens with zero attached hydrogens (tertiary/aromatic N) is 3. The molecule has 2 amide bonds. The predicted octanol–water partition coefficient (Wildman–Crippen LogP) is 4.08. The van der Waals surface area contributed by atoms with Gasteiger partial charge in [-0.25, -0.2) is 0 Å². The molecule has 0 bridgehead atoms. The molecule has 43 heavy (non-hydrogen) atoms. The minimum absolute atomic E-state index is 0.0387. The Labute approximate surface area is 252 Å². The zero-order valence-electron chi connectivity index (χ0n) is 24.6. The van der Waals surface area contributed by atoms with E-state index in [1.165, 1.54) is 18.2 Å². The van der Waals surface area contributed by atoms with Gasteiger partial charge in [-0.1, -0.05) is 78.9 Å². The fourth-order valence-electron chi connectivity index (χ4n) is 5.91. The van der Waals surface area contributed by atoms with Crippen molar-refractivity contribution in [2.75, 3.05) is 49.5 Å². The second kappa shape index (κ2) is 12.1. The summed E-state index contributed by atoms with van der Waals surface area (Å²) in [5, 5.41) is 10.2. The lowest BCUT2D eigenvalue weighted by atomic mass is 9.88. The monoisotopic (exact) mass is 575 g/mol. The van der Waals surface area contributed by atoms with Crippen LogP contribution in [-0.4, -0.2) is 66.8 Å². The van der Waals surface area contributed by atoms with Crippen molar-refractivity contribution >= 4 is 29.2 Å². The number of amidine groups is 1. The van der Waals surface area contributed by atoms with Crippen LogP contribution < -0.4 is 20.9 Å². The van der Waals surface area contributed by atoms with Gasteiger partial charge >= 0.3 is 0 Å². The Hall–Kier alpha value is -5.05. The Balaban J connectivity index is 1.31. The number of aryl methyl sites for hydroxylation is 1. The summed E-state index contributed by atoms with van der Waals surface area (Å²) in [6.45, 7) is 7.24. The summed E-state index contributed by atoms with van der Waals surface area (Å²) >= 11 is 0. The van der Waals surface area contributed by atoms with Crippen LogP contribution in [0.1, 0.15) is 39.7 Å². The topological polar surface area (TPSA) is 105 Å². The van der Waals surface area contributed by atoms with Crippen LogP contribution in [-0.2, 0) is 10.5 Å². The molecule has 1 aromatic heterocycles. The third kappa shape index (κ3) is 5.70. The second-order valence-corrected chi connectivity index (χ2v) is 11.0. The standard InChI is InChI=1S/C34H37N7O2/c1-24-11-9-10-16-30(24)40-19-21-41(22-20-40)33(43)29-23-28-31(36-18-17-35-25(2)42)38-34(39-32(28)37-29,26-12-5-3-6-13-26)27-14-7-4-8-15-27/h3-16,23,37,39H,17-22H2,1-2H3,(H,35,42)(H,36,38). The van der Waals surface area contributed by atoms with Gasteiger partial charge in [0.25, 0.3) is 5.91 Å². The summed E-state index contributed by atoms with van der Waals surface area (Å²) in [6.07, 6.45) is 0. The number of piperazine rings is 1.